The Morgan fingerprint density at radius 1 is 1.17 bits per heavy atom. The number of amides is 1. The average Bonchev–Trinajstić information content (AvgIpc) is 2.55. The molecule has 5 heteroatoms. The van der Waals surface area contributed by atoms with Crippen molar-refractivity contribution >= 4 is 11.7 Å². The summed E-state index contributed by atoms with van der Waals surface area (Å²) in [7, 11) is 0. The van der Waals surface area contributed by atoms with Gasteiger partial charge < -0.3 is 15.7 Å². The third-order valence-corrected chi connectivity index (χ3v) is 3.36. The van der Waals surface area contributed by atoms with Gasteiger partial charge in [-0.05, 0) is 38.0 Å². The summed E-state index contributed by atoms with van der Waals surface area (Å²) in [5.74, 6) is 0.313. The number of rotatable bonds is 7. The molecule has 0 saturated heterocycles. The van der Waals surface area contributed by atoms with Crippen LogP contribution >= 0.6 is 0 Å². The van der Waals surface area contributed by atoms with Crippen LogP contribution in [-0.2, 0) is 6.42 Å². The largest absolute Gasteiger partial charge is 0.394 e. The van der Waals surface area contributed by atoms with Crippen LogP contribution < -0.4 is 10.6 Å². The van der Waals surface area contributed by atoms with Crippen molar-refractivity contribution in [2.45, 2.75) is 32.4 Å². The van der Waals surface area contributed by atoms with E-state index < -0.39 is 0 Å². The van der Waals surface area contributed by atoms with Gasteiger partial charge in [0.1, 0.15) is 5.82 Å². The zero-order valence-electron chi connectivity index (χ0n) is 13.5. The topological polar surface area (TPSA) is 74.2 Å². The average molecular weight is 313 g/mol. The molecule has 0 bridgehead atoms. The summed E-state index contributed by atoms with van der Waals surface area (Å²) < 4.78 is 0. The fraction of sp³-hybridized carbons (Fsp3) is 0.333. The Labute approximate surface area is 136 Å². The first kappa shape index (κ1) is 17.0. The number of pyridine rings is 1. The molecule has 0 aliphatic rings. The molecule has 3 N–H and O–H groups in total. The zero-order chi connectivity index (χ0) is 16.7. The Kier molecular flexibility index (Phi) is 6.11. The SMILES string of the molecule is CC(C)Nc1ncccc1C(=O)N[C@H](CO)Cc1ccccc1. The van der Waals surface area contributed by atoms with E-state index in [2.05, 4.69) is 15.6 Å². The van der Waals surface area contributed by atoms with Crippen molar-refractivity contribution in [1.82, 2.24) is 10.3 Å². The Morgan fingerprint density at radius 2 is 1.91 bits per heavy atom. The van der Waals surface area contributed by atoms with Crippen LogP contribution in [0.25, 0.3) is 0 Å². The predicted molar refractivity (Wildman–Crippen MR) is 91.5 cm³/mol. The smallest absolute Gasteiger partial charge is 0.255 e. The molecule has 2 rings (SSSR count). The lowest BCUT2D eigenvalue weighted by Crippen LogP contribution is -2.39. The number of carbonyl (C=O) groups is 1. The van der Waals surface area contributed by atoms with Crippen LogP contribution in [0.4, 0.5) is 5.82 Å². The van der Waals surface area contributed by atoms with Crippen molar-refractivity contribution in [1.29, 1.82) is 0 Å². The molecule has 23 heavy (non-hydrogen) atoms. The minimum Gasteiger partial charge on any atom is -0.394 e. The van der Waals surface area contributed by atoms with Gasteiger partial charge in [0.2, 0.25) is 0 Å². The molecule has 0 spiro atoms. The summed E-state index contributed by atoms with van der Waals surface area (Å²) in [5.41, 5.74) is 1.55. The highest BCUT2D eigenvalue weighted by Crippen LogP contribution is 2.13. The number of aromatic nitrogens is 1. The van der Waals surface area contributed by atoms with Crippen molar-refractivity contribution in [2.24, 2.45) is 0 Å². The molecule has 1 aromatic heterocycles. The van der Waals surface area contributed by atoms with Crippen molar-refractivity contribution in [2.75, 3.05) is 11.9 Å². The van der Waals surface area contributed by atoms with Crippen molar-refractivity contribution < 1.29 is 9.90 Å². The van der Waals surface area contributed by atoms with E-state index in [0.29, 0.717) is 17.8 Å². The first-order chi connectivity index (χ1) is 11.1. The lowest BCUT2D eigenvalue weighted by molar-refractivity contribution is 0.0917. The highest BCUT2D eigenvalue weighted by molar-refractivity contribution is 5.98. The first-order valence-electron chi connectivity index (χ1n) is 7.77. The number of hydrogen-bond donors (Lipinski definition) is 3. The van der Waals surface area contributed by atoms with Crippen LogP contribution in [0.15, 0.2) is 48.7 Å². The normalized spacial score (nSPS) is 12.0. The lowest BCUT2D eigenvalue weighted by atomic mass is 10.1. The van der Waals surface area contributed by atoms with Gasteiger partial charge in [-0.3, -0.25) is 4.79 Å². The molecule has 122 valence electrons. The molecule has 0 aliphatic carbocycles. The summed E-state index contributed by atoms with van der Waals surface area (Å²) in [6.07, 6.45) is 2.23. The van der Waals surface area contributed by atoms with Gasteiger partial charge in [-0.1, -0.05) is 30.3 Å². The molecule has 1 atom stereocenters. The molecular weight excluding hydrogens is 290 g/mol. The van der Waals surface area contributed by atoms with E-state index in [9.17, 15) is 9.90 Å². The van der Waals surface area contributed by atoms with Crippen molar-refractivity contribution in [3.63, 3.8) is 0 Å². The number of nitrogens with zero attached hydrogens (tertiary/aromatic N) is 1. The van der Waals surface area contributed by atoms with Crippen LogP contribution in [0.5, 0.6) is 0 Å². The van der Waals surface area contributed by atoms with Gasteiger partial charge in [0.25, 0.3) is 5.91 Å². The van der Waals surface area contributed by atoms with Gasteiger partial charge in [-0.2, -0.15) is 0 Å². The number of aliphatic hydroxyl groups is 1. The number of aliphatic hydroxyl groups excluding tert-OH is 1. The molecule has 1 heterocycles. The molecule has 1 amide bonds. The third-order valence-electron chi connectivity index (χ3n) is 3.36. The van der Waals surface area contributed by atoms with Crippen molar-refractivity contribution in [3.05, 3.63) is 59.8 Å². The van der Waals surface area contributed by atoms with Crippen molar-refractivity contribution in [3.8, 4) is 0 Å². The summed E-state index contributed by atoms with van der Waals surface area (Å²) >= 11 is 0. The van der Waals surface area contributed by atoms with Gasteiger partial charge in [-0.15, -0.1) is 0 Å². The fourth-order valence-corrected chi connectivity index (χ4v) is 2.30. The van der Waals surface area contributed by atoms with Gasteiger partial charge in [0.05, 0.1) is 18.2 Å². The molecular formula is C18H23N3O2. The number of anilines is 1. The molecule has 2 aromatic rings. The van der Waals surface area contributed by atoms with Crippen LogP contribution in [-0.4, -0.2) is 34.7 Å². The molecule has 0 fully saturated rings. The van der Waals surface area contributed by atoms with Gasteiger partial charge in [-0.25, -0.2) is 4.98 Å². The third kappa shape index (κ3) is 5.07. The van der Waals surface area contributed by atoms with E-state index in [4.69, 9.17) is 0 Å². The molecule has 5 nitrogen and oxygen atoms in total. The van der Waals surface area contributed by atoms with Gasteiger partial charge in [0, 0.05) is 12.2 Å². The second-order valence-corrected chi connectivity index (χ2v) is 5.74. The predicted octanol–water partition coefficient (Wildman–Crippen LogP) is 2.24. The number of benzene rings is 1. The van der Waals surface area contributed by atoms with E-state index in [-0.39, 0.29) is 24.6 Å². The monoisotopic (exact) mass is 313 g/mol. The molecule has 0 saturated carbocycles. The van der Waals surface area contributed by atoms with E-state index in [1.807, 2.05) is 44.2 Å². The second-order valence-electron chi connectivity index (χ2n) is 5.74. The van der Waals surface area contributed by atoms with Gasteiger partial charge >= 0.3 is 0 Å². The maximum atomic E-state index is 12.5. The lowest BCUT2D eigenvalue weighted by Gasteiger charge is -2.18. The van der Waals surface area contributed by atoms with Crippen LogP contribution in [0.3, 0.4) is 0 Å². The molecule has 0 aliphatic heterocycles. The Morgan fingerprint density at radius 3 is 2.57 bits per heavy atom. The van der Waals surface area contributed by atoms with E-state index in [0.717, 1.165) is 5.56 Å². The highest BCUT2D eigenvalue weighted by Gasteiger charge is 2.17. The zero-order valence-corrected chi connectivity index (χ0v) is 13.5. The van der Waals surface area contributed by atoms with E-state index in [1.54, 1.807) is 18.3 Å². The molecule has 0 unspecified atom stereocenters. The fourth-order valence-electron chi connectivity index (χ4n) is 2.30. The second kappa shape index (κ2) is 8.29. The van der Waals surface area contributed by atoms with Gasteiger partial charge in [0.15, 0.2) is 0 Å². The summed E-state index contributed by atoms with van der Waals surface area (Å²) in [4.78, 5) is 16.7. The Hall–Kier alpha value is -2.40. The van der Waals surface area contributed by atoms with E-state index in [1.165, 1.54) is 0 Å². The summed E-state index contributed by atoms with van der Waals surface area (Å²) in [6, 6.07) is 13.1. The maximum Gasteiger partial charge on any atom is 0.255 e. The van der Waals surface area contributed by atoms with Crippen LogP contribution in [0.1, 0.15) is 29.8 Å². The quantitative estimate of drug-likeness (QED) is 0.733. The van der Waals surface area contributed by atoms with Crippen LogP contribution in [0.2, 0.25) is 0 Å². The summed E-state index contributed by atoms with van der Waals surface area (Å²) in [6.45, 7) is 3.86. The molecule has 0 radical (unpaired) electrons. The number of carbonyl (C=O) groups excluding carboxylic acids is 1. The standard InChI is InChI=1S/C18H23N3O2/c1-13(2)20-17-16(9-6-10-19-17)18(23)21-15(12-22)11-14-7-4-3-5-8-14/h3-10,13,15,22H,11-12H2,1-2H3,(H,19,20)(H,21,23)/t15-/m0/s1. The highest BCUT2D eigenvalue weighted by atomic mass is 16.3. The number of nitrogens with one attached hydrogen (secondary N) is 2. The Balaban J connectivity index is 2.08. The first-order valence-corrected chi connectivity index (χ1v) is 7.77. The minimum atomic E-state index is -0.336. The van der Waals surface area contributed by atoms with E-state index >= 15 is 0 Å². The van der Waals surface area contributed by atoms with Crippen LogP contribution in [0, 0.1) is 0 Å². The number of hydrogen-bond acceptors (Lipinski definition) is 4. The molecule has 1 aromatic carbocycles. The summed E-state index contributed by atoms with van der Waals surface area (Å²) in [5, 5.41) is 15.6. The Bertz CT molecular complexity index is 629. The minimum absolute atomic E-state index is 0.117. The maximum absolute atomic E-state index is 12.5.